The lowest BCUT2D eigenvalue weighted by molar-refractivity contribution is -0.117. The fourth-order valence-corrected chi connectivity index (χ4v) is 3.12. The van der Waals surface area contributed by atoms with Gasteiger partial charge in [-0.3, -0.25) is 9.59 Å². The molecule has 1 aliphatic rings. The van der Waals surface area contributed by atoms with Crippen LogP contribution in [0.4, 0.5) is 11.4 Å². The van der Waals surface area contributed by atoms with Crippen molar-refractivity contribution in [3.63, 3.8) is 0 Å². The van der Waals surface area contributed by atoms with E-state index in [9.17, 15) is 9.59 Å². The van der Waals surface area contributed by atoms with Crippen LogP contribution in [-0.4, -0.2) is 23.3 Å². The van der Waals surface area contributed by atoms with E-state index in [0.29, 0.717) is 23.7 Å². The lowest BCUT2D eigenvalue weighted by atomic mass is 10.2. The van der Waals surface area contributed by atoms with Crippen molar-refractivity contribution in [2.24, 2.45) is 0 Å². The Hall–Kier alpha value is -3.41. The number of amides is 2. The van der Waals surface area contributed by atoms with Crippen molar-refractivity contribution >= 4 is 23.2 Å². The molecule has 2 amide bonds. The smallest absolute Gasteiger partial charge is 0.230 e. The molecule has 0 aliphatic carbocycles. The Kier molecular flexibility index (Phi) is 4.70. The first kappa shape index (κ1) is 17.0. The number of hydrogen-bond donors (Lipinski definition) is 1. The zero-order chi connectivity index (χ0) is 18.6. The van der Waals surface area contributed by atoms with Gasteiger partial charge in [-0.2, -0.15) is 0 Å². The third-order valence-corrected chi connectivity index (χ3v) is 4.45. The average Bonchev–Trinajstić information content (AvgIpc) is 3.32. The van der Waals surface area contributed by atoms with Crippen LogP contribution >= 0.6 is 0 Å². The van der Waals surface area contributed by atoms with Crippen LogP contribution in [0.2, 0.25) is 0 Å². The molecule has 6 nitrogen and oxygen atoms in total. The molecule has 4 rings (SSSR count). The Morgan fingerprint density at radius 2 is 1.89 bits per heavy atom. The fraction of sp³-hybridized carbons (Fsp3) is 0.190. The summed E-state index contributed by atoms with van der Waals surface area (Å²) in [6, 6.07) is 16.9. The largest absolute Gasteiger partial charge is 0.444 e. The van der Waals surface area contributed by atoms with Gasteiger partial charge in [-0.1, -0.05) is 18.2 Å². The Balaban J connectivity index is 1.37. The monoisotopic (exact) mass is 361 g/mol. The molecule has 6 heteroatoms. The van der Waals surface area contributed by atoms with Crippen molar-refractivity contribution < 1.29 is 14.0 Å². The van der Waals surface area contributed by atoms with Crippen LogP contribution in [0, 0.1) is 0 Å². The predicted molar refractivity (Wildman–Crippen MR) is 102 cm³/mol. The second-order valence-electron chi connectivity index (χ2n) is 6.43. The predicted octanol–water partition coefficient (Wildman–Crippen LogP) is 3.65. The van der Waals surface area contributed by atoms with Crippen LogP contribution in [0.5, 0.6) is 0 Å². The maximum atomic E-state index is 12.3. The lowest BCUT2D eigenvalue weighted by Gasteiger charge is -2.16. The lowest BCUT2D eigenvalue weighted by Crippen LogP contribution is -2.23. The molecule has 1 aliphatic heterocycles. The summed E-state index contributed by atoms with van der Waals surface area (Å²) >= 11 is 0. The van der Waals surface area contributed by atoms with Gasteiger partial charge in [-0.25, -0.2) is 4.98 Å². The van der Waals surface area contributed by atoms with E-state index in [-0.39, 0.29) is 18.2 Å². The van der Waals surface area contributed by atoms with Crippen LogP contribution in [0.1, 0.15) is 18.5 Å². The first-order valence-electron chi connectivity index (χ1n) is 8.89. The molecule has 0 spiro atoms. The number of anilines is 2. The van der Waals surface area contributed by atoms with Gasteiger partial charge in [0, 0.05) is 29.9 Å². The average molecular weight is 361 g/mol. The molecule has 136 valence electrons. The molecule has 3 aromatic rings. The second kappa shape index (κ2) is 7.45. The van der Waals surface area contributed by atoms with Gasteiger partial charge in [-0.15, -0.1) is 0 Å². The van der Waals surface area contributed by atoms with Crippen molar-refractivity contribution in [1.82, 2.24) is 4.98 Å². The zero-order valence-electron chi connectivity index (χ0n) is 14.7. The molecule has 0 atom stereocenters. The van der Waals surface area contributed by atoms with Gasteiger partial charge in [0.1, 0.15) is 6.26 Å². The number of hydrogen-bond acceptors (Lipinski definition) is 4. The standard InChI is InChI=1S/C21H19N3O3/c25-19(13-17-14-27-21(23-17)15-5-2-1-3-6-15)22-16-8-10-18(11-9-16)24-12-4-7-20(24)26/h1-3,5-6,8-11,14H,4,7,12-13H2,(H,22,25). The Morgan fingerprint density at radius 3 is 2.59 bits per heavy atom. The molecule has 0 radical (unpaired) electrons. The summed E-state index contributed by atoms with van der Waals surface area (Å²) in [5.41, 5.74) is 2.99. The molecule has 0 saturated carbocycles. The van der Waals surface area contributed by atoms with Gasteiger partial charge in [0.15, 0.2) is 0 Å². The number of benzene rings is 2. The van der Waals surface area contributed by atoms with Gasteiger partial charge in [0.2, 0.25) is 17.7 Å². The van der Waals surface area contributed by atoms with Crippen molar-refractivity contribution in [1.29, 1.82) is 0 Å². The van der Waals surface area contributed by atoms with Gasteiger partial charge in [-0.05, 0) is 42.8 Å². The molecular formula is C21H19N3O3. The molecule has 1 aromatic heterocycles. The van der Waals surface area contributed by atoms with Crippen LogP contribution in [0.3, 0.4) is 0 Å². The molecule has 2 heterocycles. The molecule has 27 heavy (non-hydrogen) atoms. The van der Waals surface area contributed by atoms with E-state index in [4.69, 9.17) is 4.42 Å². The van der Waals surface area contributed by atoms with E-state index in [2.05, 4.69) is 10.3 Å². The van der Waals surface area contributed by atoms with E-state index in [1.165, 1.54) is 6.26 Å². The van der Waals surface area contributed by atoms with Crippen molar-refractivity contribution in [2.75, 3.05) is 16.8 Å². The van der Waals surface area contributed by atoms with E-state index in [1.54, 1.807) is 17.0 Å². The summed E-state index contributed by atoms with van der Waals surface area (Å²) < 4.78 is 5.46. The van der Waals surface area contributed by atoms with E-state index in [0.717, 1.165) is 24.2 Å². The van der Waals surface area contributed by atoms with E-state index in [1.807, 2.05) is 42.5 Å². The van der Waals surface area contributed by atoms with Crippen molar-refractivity contribution in [2.45, 2.75) is 19.3 Å². The van der Waals surface area contributed by atoms with E-state index >= 15 is 0 Å². The van der Waals surface area contributed by atoms with Crippen LogP contribution in [0.25, 0.3) is 11.5 Å². The third-order valence-electron chi connectivity index (χ3n) is 4.45. The number of nitrogens with zero attached hydrogens (tertiary/aromatic N) is 2. The highest BCUT2D eigenvalue weighted by atomic mass is 16.3. The summed E-state index contributed by atoms with van der Waals surface area (Å²) in [4.78, 5) is 30.2. The van der Waals surface area contributed by atoms with Crippen molar-refractivity contribution in [3.8, 4) is 11.5 Å². The normalized spacial score (nSPS) is 13.8. The van der Waals surface area contributed by atoms with Gasteiger partial charge < -0.3 is 14.6 Å². The van der Waals surface area contributed by atoms with Gasteiger partial charge in [0.05, 0.1) is 12.1 Å². The molecule has 1 saturated heterocycles. The molecule has 1 N–H and O–H groups in total. The summed E-state index contributed by atoms with van der Waals surface area (Å²) in [6.45, 7) is 0.750. The SMILES string of the molecule is O=C(Cc1coc(-c2ccccc2)n1)Nc1ccc(N2CCCC2=O)cc1. The fourth-order valence-electron chi connectivity index (χ4n) is 3.12. The first-order chi connectivity index (χ1) is 13.2. The summed E-state index contributed by atoms with van der Waals surface area (Å²) in [7, 11) is 0. The Morgan fingerprint density at radius 1 is 1.11 bits per heavy atom. The minimum absolute atomic E-state index is 0.128. The van der Waals surface area contributed by atoms with Crippen molar-refractivity contribution in [3.05, 3.63) is 66.6 Å². The summed E-state index contributed by atoms with van der Waals surface area (Å²) in [5, 5.41) is 2.84. The molecule has 0 unspecified atom stereocenters. The number of rotatable bonds is 5. The zero-order valence-corrected chi connectivity index (χ0v) is 14.7. The van der Waals surface area contributed by atoms with Crippen LogP contribution in [-0.2, 0) is 16.0 Å². The Bertz CT molecular complexity index is 948. The van der Waals surface area contributed by atoms with Crippen LogP contribution in [0.15, 0.2) is 65.3 Å². The summed E-state index contributed by atoms with van der Waals surface area (Å²) in [5.74, 6) is 0.470. The highest BCUT2D eigenvalue weighted by molar-refractivity contribution is 5.96. The highest BCUT2D eigenvalue weighted by Crippen LogP contribution is 2.23. The maximum Gasteiger partial charge on any atom is 0.230 e. The minimum Gasteiger partial charge on any atom is -0.444 e. The van der Waals surface area contributed by atoms with E-state index < -0.39 is 0 Å². The molecule has 1 fully saturated rings. The first-order valence-corrected chi connectivity index (χ1v) is 8.89. The molecular weight excluding hydrogens is 342 g/mol. The topological polar surface area (TPSA) is 75.4 Å². The number of oxazole rings is 1. The molecule has 0 bridgehead atoms. The second-order valence-corrected chi connectivity index (χ2v) is 6.43. The van der Waals surface area contributed by atoms with Gasteiger partial charge >= 0.3 is 0 Å². The quantitative estimate of drug-likeness (QED) is 0.753. The highest BCUT2D eigenvalue weighted by Gasteiger charge is 2.21. The van der Waals surface area contributed by atoms with Crippen LogP contribution < -0.4 is 10.2 Å². The number of carbonyl (C=O) groups excluding carboxylic acids is 2. The summed E-state index contributed by atoms with van der Waals surface area (Å²) in [6.07, 6.45) is 3.12. The number of aromatic nitrogens is 1. The maximum absolute atomic E-state index is 12.3. The minimum atomic E-state index is -0.173. The van der Waals surface area contributed by atoms with Gasteiger partial charge in [0.25, 0.3) is 0 Å². The molecule has 2 aromatic carbocycles. The Labute approximate surface area is 156 Å². The number of carbonyl (C=O) groups is 2. The number of nitrogens with one attached hydrogen (secondary N) is 1. The third kappa shape index (κ3) is 3.89.